The topological polar surface area (TPSA) is 53.6 Å². The van der Waals surface area contributed by atoms with Crippen LogP contribution in [0, 0.1) is 6.92 Å². The molecule has 2 aromatic rings. The van der Waals surface area contributed by atoms with Crippen molar-refractivity contribution in [3.05, 3.63) is 59.2 Å². The fourth-order valence-corrected chi connectivity index (χ4v) is 4.00. The summed E-state index contributed by atoms with van der Waals surface area (Å²) in [4.78, 5) is 14.5. The molecule has 29 heavy (non-hydrogen) atoms. The standard InChI is InChI=1S/C23H29N3O2S/c1-4-28-22(27)19-10-7-11-20(17(19)3)25-23(29)24-13-8-14-26-16(2)15-18-9-5-6-12-21(18)26/h5-7,9-12,16H,4,8,13-15H2,1-3H3,(H2,24,25,29)/t16-/m0/s1. The molecule has 0 aromatic heterocycles. The summed E-state index contributed by atoms with van der Waals surface area (Å²) < 4.78 is 5.11. The van der Waals surface area contributed by atoms with Gasteiger partial charge in [0.25, 0.3) is 0 Å². The summed E-state index contributed by atoms with van der Waals surface area (Å²) in [6.07, 6.45) is 2.10. The lowest BCUT2D eigenvalue weighted by Gasteiger charge is -2.25. The number of anilines is 2. The van der Waals surface area contributed by atoms with Crippen LogP contribution in [0.15, 0.2) is 42.5 Å². The van der Waals surface area contributed by atoms with Gasteiger partial charge in [0.05, 0.1) is 12.2 Å². The van der Waals surface area contributed by atoms with Gasteiger partial charge in [-0.05, 0) is 75.2 Å². The minimum Gasteiger partial charge on any atom is -0.462 e. The van der Waals surface area contributed by atoms with E-state index < -0.39 is 0 Å². The van der Waals surface area contributed by atoms with Crippen LogP contribution in [0.5, 0.6) is 0 Å². The van der Waals surface area contributed by atoms with E-state index in [1.807, 2.05) is 19.1 Å². The Morgan fingerprint density at radius 3 is 2.83 bits per heavy atom. The molecule has 0 bridgehead atoms. The van der Waals surface area contributed by atoms with E-state index in [-0.39, 0.29) is 5.97 Å². The Bertz CT molecular complexity index is 884. The van der Waals surface area contributed by atoms with Gasteiger partial charge in [0.1, 0.15) is 0 Å². The molecule has 0 spiro atoms. The minimum absolute atomic E-state index is 0.312. The molecule has 0 saturated heterocycles. The number of benzene rings is 2. The molecular formula is C23H29N3O2S. The van der Waals surface area contributed by atoms with Gasteiger partial charge in [0, 0.05) is 30.5 Å². The van der Waals surface area contributed by atoms with Crippen molar-refractivity contribution >= 4 is 34.7 Å². The summed E-state index contributed by atoms with van der Waals surface area (Å²) in [5.74, 6) is -0.312. The van der Waals surface area contributed by atoms with E-state index in [0.717, 1.165) is 37.2 Å². The first kappa shape index (κ1) is 21.1. The molecule has 2 N–H and O–H groups in total. The lowest BCUT2D eigenvalue weighted by atomic mass is 10.1. The molecule has 0 fully saturated rings. The number of carbonyl (C=O) groups is 1. The van der Waals surface area contributed by atoms with Crippen LogP contribution in [0.25, 0.3) is 0 Å². The van der Waals surface area contributed by atoms with Crippen LogP contribution in [0.4, 0.5) is 11.4 Å². The number of thiocarbonyl (C=S) groups is 1. The van der Waals surface area contributed by atoms with E-state index in [1.54, 1.807) is 13.0 Å². The summed E-state index contributed by atoms with van der Waals surface area (Å²) in [5, 5.41) is 7.03. The molecule has 0 unspecified atom stereocenters. The Morgan fingerprint density at radius 2 is 2.03 bits per heavy atom. The number of para-hydroxylation sites is 1. The van der Waals surface area contributed by atoms with Crippen molar-refractivity contribution in [2.75, 3.05) is 29.9 Å². The first-order chi connectivity index (χ1) is 14.0. The molecule has 0 amide bonds. The van der Waals surface area contributed by atoms with Crippen LogP contribution in [-0.2, 0) is 11.2 Å². The Labute approximate surface area is 178 Å². The Hall–Kier alpha value is -2.60. The summed E-state index contributed by atoms with van der Waals surface area (Å²) in [7, 11) is 0. The summed E-state index contributed by atoms with van der Waals surface area (Å²) >= 11 is 5.44. The number of hydrogen-bond donors (Lipinski definition) is 2. The largest absolute Gasteiger partial charge is 0.462 e. The first-order valence-electron chi connectivity index (χ1n) is 10.2. The van der Waals surface area contributed by atoms with E-state index in [9.17, 15) is 4.79 Å². The molecule has 0 aliphatic carbocycles. The van der Waals surface area contributed by atoms with Gasteiger partial charge < -0.3 is 20.3 Å². The highest BCUT2D eigenvalue weighted by atomic mass is 32.1. The number of carbonyl (C=O) groups excluding carboxylic acids is 1. The van der Waals surface area contributed by atoms with Gasteiger partial charge in [-0.25, -0.2) is 4.79 Å². The molecular weight excluding hydrogens is 382 g/mol. The van der Waals surface area contributed by atoms with E-state index in [1.165, 1.54) is 11.3 Å². The molecule has 0 radical (unpaired) electrons. The number of nitrogens with one attached hydrogen (secondary N) is 2. The van der Waals surface area contributed by atoms with Gasteiger partial charge in [0.15, 0.2) is 5.11 Å². The second-order valence-electron chi connectivity index (χ2n) is 7.31. The second kappa shape index (κ2) is 9.74. The molecule has 1 atom stereocenters. The third-order valence-corrected chi connectivity index (χ3v) is 5.53. The van der Waals surface area contributed by atoms with Crippen molar-refractivity contribution in [2.45, 2.75) is 39.7 Å². The Morgan fingerprint density at radius 1 is 1.24 bits per heavy atom. The first-order valence-corrected chi connectivity index (χ1v) is 10.6. The van der Waals surface area contributed by atoms with Gasteiger partial charge in [0.2, 0.25) is 0 Å². The SMILES string of the molecule is CCOC(=O)c1cccc(NC(=S)NCCCN2c3ccccc3C[C@@H]2C)c1C. The zero-order valence-corrected chi connectivity index (χ0v) is 18.1. The summed E-state index contributed by atoms with van der Waals surface area (Å²) in [6, 6.07) is 14.7. The van der Waals surface area contributed by atoms with Crippen LogP contribution in [0.1, 0.15) is 41.8 Å². The average Bonchev–Trinajstić information content (AvgIpc) is 3.02. The molecule has 1 aliphatic rings. The van der Waals surface area contributed by atoms with E-state index in [4.69, 9.17) is 17.0 Å². The van der Waals surface area contributed by atoms with Crippen LogP contribution in [-0.4, -0.2) is 36.8 Å². The fourth-order valence-electron chi connectivity index (χ4n) is 3.79. The quantitative estimate of drug-likeness (QED) is 0.403. The van der Waals surface area contributed by atoms with E-state index in [2.05, 4.69) is 46.7 Å². The highest BCUT2D eigenvalue weighted by Crippen LogP contribution is 2.31. The monoisotopic (exact) mass is 411 g/mol. The van der Waals surface area contributed by atoms with Crippen molar-refractivity contribution in [2.24, 2.45) is 0 Å². The summed E-state index contributed by atoms with van der Waals surface area (Å²) in [5.41, 5.74) is 4.99. The molecule has 0 saturated carbocycles. The number of ether oxygens (including phenoxy) is 1. The maximum atomic E-state index is 12.1. The Kier molecular flexibility index (Phi) is 7.09. The number of fused-ring (bicyclic) bond motifs is 1. The summed E-state index contributed by atoms with van der Waals surface area (Å²) in [6.45, 7) is 8.10. The molecule has 1 heterocycles. The molecule has 154 valence electrons. The van der Waals surface area contributed by atoms with Crippen molar-refractivity contribution < 1.29 is 9.53 Å². The third-order valence-electron chi connectivity index (χ3n) is 5.29. The highest BCUT2D eigenvalue weighted by molar-refractivity contribution is 7.80. The third kappa shape index (κ3) is 5.07. The van der Waals surface area contributed by atoms with E-state index >= 15 is 0 Å². The normalized spacial score (nSPS) is 15.0. The van der Waals surface area contributed by atoms with Gasteiger partial charge in [-0.15, -0.1) is 0 Å². The fraction of sp³-hybridized carbons (Fsp3) is 0.391. The predicted molar refractivity (Wildman–Crippen MR) is 123 cm³/mol. The maximum Gasteiger partial charge on any atom is 0.338 e. The van der Waals surface area contributed by atoms with Gasteiger partial charge in [-0.3, -0.25) is 0 Å². The highest BCUT2D eigenvalue weighted by Gasteiger charge is 2.24. The molecule has 3 rings (SSSR count). The molecule has 5 nitrogen and oxygen atoms in total. The van der Waals surface area contributed by atoms with Crippen molar-refractivity contribution in [3.8, 4) is 0 Å². The van der Waals surface area contributed by atoms with Crippen LogP contribution in [0.2, 0.25) is 0 Å². The molecule has 1 aliphatic heterocycles. The van der Waals surface area contributed by atoms with Gasteiger partial charge in [-0.2, -0.15) is 0 Å². The average molecular weight is 412 g/mol. The Balaban J connectivity index is 1.49. The smallest absolute Gasteiger partial charge is 0.338 e. The predicted octanol–water partition coefficient (Wildman–Crippen LogP) is 4.30. The second-order valence-corrected chi connectivity index (χ2v) is 7.72. The molecule has 2 aromatic carbocycles. The van der Waals surface area contributed by atoms with Crippen LogP contribution >= 0.6 is 12.2 Å². The molecule has 6 heteroatoms. The maximum absolute atomic E-state index is 12.1. The zero-order chi connectivity index (χ0) is 20.8. The number of nitrogens with zero attached hydrogens (tertiary/aromatic N) is 1. The minimum atomic E-state index is -0.312. The van der Waals surface area contributed by atoms with Crippen LogP contribution < -0.4 is 15.5 Å². The van der Waals surface area contributed by atoms with Crippen LogP contribution in [0.3, 0.4) is 0 Å². The number of esters is 1. The van der Waals surface area contributed by atoms with Crippen molar-refractivity contribution in [3.63, 3.8) is 0 Å². The number of rotatable bonds is 7. The van der Waals surface area contributed by atoms with Gasteiger partial charge >= 0.3 is 5.97 Å². The lowest BCUT2D eigenvalue weighted by Crippen LogP contribution is -2.34. The van der Waals surface area contributed by atoms with Crippen molar-refractivity contribution in [1.29, 1.82) is 0 Å². The number of hydrogen-bond acceptors (Lipinski definition) is 4. The van der Waals surface area contributed by atoms with E-state index in [0.29, 0.717) is 23.3 Å². The lowest BCUT2D eigenvalue weighted by molar-refractivity contribution is 0.0525. The zero-order valence-electron chi connectivity index (χ0n) is 17.3. The van der Waals surface area contributed by atoms with Gasteiger partial charge in [-0.1, -0.05) is 24.3 Å². The van der Waals surface area contributed by atoms with Crippen molar-refractivity contribution in [1.82, 2.24) is 5.32 Å².